The second-order valence-electron chi connectivity index (χ2n) is 4.01. The van der Waals surface area contributed by atoms with Gasteiger partial charge in [0.05, 0.1) is 17.0 Å². The van der Waals surface area contributed by atoms with Crippen LogP contribution in [0, 0.1) is 11.3 Å². The lowest BCUT2D eigenvalue weighted by Gasteiger charge is -2.04. The van der Waals surface area contributed by atoms with Crippen molar-refractivity contribution >= 4 is 39.3 Å². The van der Waals surface area contributed by atoms with E-state index in [-0.39, 0.29) is 17.0 Å². The predicted molar refractivity (Wildman–Crippen MR) is 87.1 cm³/mol. The molecule has 2 amide bonds. The topological polar surface area (TPSA) is 122 Å². The summed E-state index contributed by atoms with van der Waals surface area (Å²) >= 11 is 3.02. The molecular weight excluding hydrogens is 354 g/mol. The predicted octanol–water partition coefficient (Wildman–Crippen LogP) is 3.47. The van der Waals surface area contributed by atoms with Crippen molar-refractivity contribution in [3.8, 4) is 6.07 Å². The largest absolute Gasteiger partial charge is 0.512 e. The van der Waals surface area contributed by atoms with Crippen LogP contribution in [0.5, 0.6) is 0 Å². The second-order valence-corrected chi connectivity index (χ2v) is 4.57. The van der Waals surface area contributed by atoms with Crippen molar-refractivity contribution in [2.75, 3.05) is 16.0 Å². The summed E-state index contributed by atoms with van der Waals surface area (Å²) in [6, 6.07) is 8.16. The minimum atomic E-state index is -1.12. The summed E-state index contributed by atoms with van der Waals surface area (Å²) in [5.41, 5.74) is 1.45. The van der Waals surface area contributed by atoms with Crippen LogP contribution in [-0.4, -0.2) is 27.5 Å². The molecule has 0 aromatic heterocycles. The number of carbonyl (C=O) groups is 2. The zero-order valence-corrected chi connectivity index (χ0v) is 13.6. The molecule has 7 nitrogen and oxygen atoms in total. The van der Waals surface area contributed by atoms with Crippen LogP contribution in [0.3, 0.4) is 0 Å². The quantitative estimate of drug-likeness (QED) is 0.369. The van der Waals surface area contributed by atoms with Crippen molar-refractivity contribution in [2.45, 2.75) is 13.8 Å². The monoisotopic (exact) mass is 369 g/mol. The van der Waals surface area contributed by atoms with E-state index in [1.54, 1.807) is 37.3 Å². The molecule has 0 atom stereocenters. The number of hydrogen-bond donors (Lipinski definition) is 4. The van der Waals surface area contributed by atoms with Gasteiger partial charge in [0.1, 0.15) is 5.76 Å². The number of nitriles is 1. The molecule has 0 radical (unpaired) electrons. The lowest BCUT2D eigenvalue weighted by molar-refractivity contribution is -0.113. The van der Waals surface area contributed by atoms with Gasteiger partial charge in [-0.3, -0.25) is 10.1 Å². The number of benzene rings is 1. The van der Waals surface area contributed by atoms with Crippen molar-refractivity contribution in [2.24, 2.45) is 0 Å². The molecule has 0 aliphatic rings. The number of nitrogens with one attached hydrogen (secondary N) is 2. The highest BCUT2D eigenvalue weighted by molar-refractivity contribution is 9.09. The number of rotatable bonds is 3. The van der Waals surface area contributed by atoms with E-state index in [0.29, 0.717) is 16.9 Å². The highest BCUT2D eigenvalue weighted by Crippen LogP contribution is 2.13. The number of aliphatic hydroxyl groups is 1. The summed E-state index contributed by atoms with van der Waals surface area (Å²) in [5, 5.41) is 30.0. The fraction of sp³-hybridized carbons (Fsp3) is 0.214. The third-order valence-corrected chi connectivity index (χ3v) is 2.76. The average molecular weight is 370 g/mol. The molecule has 0 saturated heterocycles. The zero-order chi connectivity index (χ0) is 17.1. The normalized spacial score (nSPS) is 10.3. The molecule has 1 aromatic rings. The first-order valence-corrected chi connectivity index (χ1v) is 7.14. The highest BCUT2D eigenvalue weighted by Gasteiger charge is 2.00. The molecule has 0 heterocycles. The van der Waals surface area contributed by atoms with E-state index in [1.807, 2.05) is 0 Å². The molecule has 0 saturated carbocycles. The fourth-order valence-electron chi connectivity index (χ4n) is 1.04. The Morgan fingerprint density at radius 3 is 1.86 bits per heavy atom. The number of allylic oxidation sites excluding steroid dienone is 2. The van der Waals surface area contributed by atoms with Crippen LogP contribution >= 0.6 is 15.9 Å². The molecule has 8 heteroatoms. The maximum Gasteiger partial charge on any atom is 0.409 e. The molecule has 0 spiro atoms. The number of carboxylic acid groups (broad SMARTS) is 1. The number of alkyl halides is 1. The SMILES string of the molecule is CC(O)=C(C)C#N.O=C(O)Nc1ccc(NC(=O)CBr)cc1. The summed E-state index contributed by atoms with van der Waals surface area (Å²) in [6.07, 6.45) is -1.12. The van der Waals surface area contributed by atoms with Gasteiger partial charge in [-0.05, 0) is 38.1 Å². The van der Waals surface area contributed by atoms with Crippen molar-refractivity contribution in [3.63, 3.8) is 0 Å². The first kappa shape index (κ1) is 19.5. The van der Waals surface area contributed by atoms with E-state index in [1.165, 1.54) is 6.92 Å². The number of aliphatic hydroxyl groups excluding tert-OH is 1. The number of carbonyl (C=O) groups excluding carboxylic acids is 1. The van der Waals surface area contributed by atoms with Crippen molar-refractivity contribution < 1.29 is 19.8 Å². The molecule has 118 valence electrons. The first-order valence-electron chi connectivity index (χ1n) is 6.02. The second kappa shape index (κ2) is 10.2. The average Bonchev–Trinajstić information content (AvgIpc) is 2.48. The summed E-state index contributed by atoms with van der Waals surface area (Å²) in [6.45, 7) is 3.05. The highest BCUT2D eigenvalue weighted by atomic mass is 79.9. The van der Waals surface area contributed by atoms with E-state index in [0.717, 1.165) is 0 Å². The third kappa shape index (κ3) is 8.60. The first-order chi connectivity index (χ1) is 10.3. The van der Waals surface area contributed by atoms with Gasteiger partial charge in [0.25, 0.3) is 0 Å². The maximum absolute atomic E-state index is 11.0. The molecule has 1 rings (SSSR count). The van der Waals surface area contributed by atoms with Crippen LogP contribution in [0.15, 0.2) is 35.6 Å². The van der Waals surface area contributed by atoms with E-state index in [9.17, 15) is 9.59 Å². The Kier molecular flexibility index (Phi) is 9.06. The number of hydrogen-bond acceptors (Lipinski definition) is 4. The Labute approximate surface area is 136 Å². The maximum atomic E-state index is 11.0. The molecule has 0 aliphatic heterocycles. The van der Waals surface area contributed by atoms with Crippen molar-refractivity contribution in [3.05, 3.63) is 35.6 Å². The molecule has 0 bridgehead atoms. The fourth-order valence-corrected chi connectivity index (χ4v) is 1.18. The van der Waals surface area contributed by atoms with E-state index in [4.69, 9.17) is 15.5 Å². The zero-order valence-electron chi connectivity index (χ0n) is 12.1. The van der Waals surface area contributed by atoms with Crippen LogP contribution in [0.4, 0.5) is 16.2 Å². The van der Waals surface area contributed by atoms with Gasteiger partial charge in [-0.2, -0.15) is 5.26 Å². The van der Waals surface area contributed by atoms with Gasteiger partial charge in [0.2, 0.25) is 5.91 Å². The number of amides is 2. The molecule has 22 heavy (non-hydrogen) atoms. The van der Waals surface area contributed by atoms with Crippen LogP contribution < -0.4 is 10.6 Å². The van der Waals surface area contributed by atoms with Crippen molar-refractivity contribution in [1.29, 1.82) is 5.26 Å². The molecule has 0 aliphatic carbocycles. The Morgan fingerprint density at radius 1 is 1.14 bits per heavy atom. The minimum absolute atomic E-state index is 0.0995. The summed E-state index contributed by atoms with van der Waals surface area (Å²) < 4.78 is 0. The lowest BCUT2D eigenvalue weighted by Crippen LogP contribution is -2.12. The van der Waals surface area contributed by atoms with Gasteiger partial charge in [0.15, 0.2) is 0 Å². The number of anilines is 2. The minimum Gasteiger partial charge on any atom is -0.512 e. The van der Waals surface area contributed by atoms with Crippen LogP contribution in [0.2, 0.25) is 0 Å². The van der Waals surface area contributed by atoms with Gasteiger partial charge in [0, 0.05) is 11.4 Å². The van der Waals surface area contributed by atoms with Crippen LogP contribution in [-0.2, 0) is 4.79 Å². The summed E-state index contributed by atoms with van der Waals surface area (Å²) in [7, 11) is 0. The van der Waals surface area contributed by atoms with Gasteiger partial charge in [-0.1, -0.05) is 15.9 Å². The molecular formula is C14H16BrN3O4. The lowest BCUT2D eigenvalue weighted by atomic mass is 10.3. The number of halogens is 1. The summed E-state index contributed by atoms with van der Waals surface area (Å²) in [4.78, 5) is 21.3. The Morgan fingerprint density at radius 2 is 1.59 bits per heavy atom. The van der Waals surface area contributed by atoms with Gasteiger partial charge in [-0.25, -0.2) is 4.79 Å². The standard InChI is InChI=1S/C9H9BrN2O3.C5H7NO/c10-5-8(13)11-6-1-3-7(4-2-6)12-9(14)15;1-4(3-6)5(2)7/h1-4,12H,5H2,(H,11,13)(H,14,15);7H,1-2H3. The Bertz CT molecular complexity index is 587. The third-order valence-electron chi connectivity index (χ3n) is 2.25. The Balaban J connectivity index is 0.000000534. The van der Waals surface area contributed by atoms with E-state index in [2.05, 4.69) is 26.6 Å². The van der Waals surface area contributed by atoms with Crippen molar-refractivity contribution in [1.82, 2.24) is 0 Å². The number of nitrogens with zero attached hydrogens (tertiary/aromatic N) is 1. The van der Waals surface area contributed by atoms with Crippen LogP contribution in [0.25, 0.3) is 0 Å². The smallest absolute Gasteiger partial charge is 0.409 e. The van der Waals surface area contributed by atoms with Crippen LogP contribution in [0.1, 0.15) is 13.8 Å². The molecule has 0 fully saturated rings. The van der Waals surface area contributed by atoms with E-state index < -0.39 is 6.09 Å². The van der Waals surface area contributed by atoms with Gasteiger partial charge in [-0.15, -0.1) is 0 Å². The molecule has 1 aromatic carbocycles. The molecule has 0 unspecified atom stereocenters. The molecule has 4 N–H and O–H groups in total. The van der Waals surface area contributed by atoms with E-state index >= 15 is 0 Å². The van der Waals surface area contributed by atoms with Gasteiger partial charge >= 0.3 is 6.09 Å². The van der Waals surface area contributed by atoms with Gasteiger partial charge < -0.3 is 15.5 Å². The Hall–Kier alpha value is -2.53. The summed E-state index contributed by atoms with van der Waals surface area (Å²) in [5.74, 6) is -0.0588.